The summed E-state index contributed by atoms with van der Waals surface area (Å²) in [5.41, 5.74) is 2.21. The first-order valence-electron chi connectivity index (χ1n) is 8.59. The van der Waals surface area contributed by atoms with Crippen molar-refractivity contribution in [3.63, 3.8) is 0 Å². The molecule has 0 fully saturated rings. The van der Waals surface area contributed by atoms with Gasteiger partial charge >= 0.3 is 0 Å². The third-order valence-corrected chi connectivity index (χ3v) is 5.03. The minimum Gasteiger partial charge on any atom is -0.436 e. The number of halogens is 3. The standard InChI is InChI=1S/C22H13Cl3N2O2/c23-14-7-5-13(6-8-14)20-12-26-22(29-20)17-4-2-1-3-16(17)21(28)27-19-11-15(24)9-10-18(19)25/h1-12H,(H,27,28). The molecule has 7 heteroatoms. The highest BCUT2D eigenvalue weighted by molar-refractivity contribution is 6.36. The number of hydrogen-bond donors (Lipinski definition) is 1. The van der Waals surface area contributed by atoms with E-state index >= 15 is 0 Å². The van der Waals surface area contributed by atoms with Crippen molar-refractivity contribution in [2.75, 3.05) is 5.32 Å². The molecule has 29 heavy (non-hydrogen) atoms. The molecule has 1 amide bonds. The van der Waals surface area contributed by atoms with Gasteiger partial charge in [-0.05, 0) is 54.6 Å². The largest absolute Gasteiger partial charge is 0.436 e. The molecule has 0 saturated heterocycles. The van der Waals surface area contributed by atoms with E-state index < -0.39 is 0 Å². The molecule has 4 aromatic rings. The van der Waals surface area contributed by atoms with Gasteiger partial charge in [0.25, 0.3) is 5.91 Å². The van der Waals surface area contributed by atoms with E-state index in [4.69, 9.17) is 39.2 Å². The fraction of sp³-hybridized carbons (Fsp3) is 0. The maximum atomic E-state index is 12.9. The van der Waals surface area contributed by atoms with Crippen molar-refractivity contribution in [2.24, 2.45) is 0 Å². The molecular formula is C22H13Cl3N2O2. The lowest BCUT2D eigenvalue weighted by molar-refractivity contribution is 0.102. The Morgan fingerprint density at radius 2 is 1.62 bits per heavy atom. The van der Waals surface area contributed by atoms with Crippen LogP contribution in [0.1, 0.15) is 10.4 Å². The van der Waals surface area contributed by atoms with Gasteiger partial charge in [0.2, 0.25) is 5.89 Å². The highest BCUT2D eigenvalue weighted by Gasteiger charge is 2.18. The molecule has 4 nitrogen and oxygen atoms in total. The number of carbonyl (C=O) groups is 1. The Kier molecular flexibility index (Phi) is 5.58. The molecule has 3 aromatic carbocycles. The van der Waals surface area contributed by atoms with Crippen molar-refractivity contribution in [2.45, 2.75) is 0 Å². The number of hydrogen-bond acceptors (Lipinski definition) is 3. The Balaban J connectivity index is 1.66. The Morgan fingerprint density at radius 3 is 2.41 bits per heavy atom. The molecule has 144 valence electrons. The lowest BCUT2D eigenvalue weighted by atomic mass is 10.1. The van der Waals surface area contributed by atoms with E-state index in [1.165, 1.54) is 0 Å². The van der Waals surface area contributed by atoms with Gasteiger partial charge in [-0.3, -0.25) is 4.79 Å². The topological polar surface area (TPSA) is 55.1 Å². The van der Waals surface area contributed by atoms with Gasteiger partial charge in [-0.1, -0.05) is 46.9 Å². The van der Waals surface area contributed by atoms with Gasteiger partial charge in [0.05, 0.1) is 22.5 Å². The van der Waals surface area contributed by atoms with Gasteiger partial charge in [-0.25, -0.2) is 4.98 Å². The average Bonchev–Trinajstić information content (AvgIpc) is 3.21. The summed E-state index contributed by atoms with van der Waals surface area (Å²) in [5.74, 6) is 0.554. The molecule has 0 atom stereocenters. The molecule has 0 aliphatic heterocycles. The second-order valence-corrected chi connectivity index (χ2v) is 7.44. The monoisotopic (exact) mass is 442 g/mol. The van der Waals surface area contributed by atoms with Crippen LogP contribution in [-0.4, -0.2) is 10.9 Å². The summed E-state index contributed by atoms with van der Waals surface area (Å²) in [6, 6.07) is 19.1. The molecule has 1 aromatic heterocycles. The maximum absolute atomic E-state index is 12.9. The van der Waals surface area contributed by atoms with E-state index in [2.05, 4.69) is 10.3 Å². The quantitative estimate of drug-likeness (QED) is 0.362. The predicted octanol–water partition coefficient (Wildman–Crippen LogP) is 7.22. The Labute approximate surface area is 182 Å². The third kappa shape index (κ3) is 4.30. The van der Waals surface area contributed by atoms with Crippen molar-refractivity contribution in [1.29, 1.82) is 0 Å². The first kappa shape index (κ1) is 19.5. The van der Waals surface area contributed by atoms with Crippen LogP contribution in [0.3, 0.4) is 0 Å². The lowest BCUT2D eigenvalue weighted by Crippen LogP contribution is -2.13. The number of rotatable bonds is 4. The molecule has 0 aliphatic rings. The van der Waals surface area contributed by atoms with Crippen LogP contribution in [0.25, 0.3) is 22.8 Å². The number of aromatic nitrogens is 1. The van der Waals surface area contributed by atoms with E-state index in [1.807, 2.05) is 18.2 Å². The Morgan fingerprint density at radius 1 is 0.897 bits per heavy atom. The second kappa shape index (κ2) is 8.29. The fourth-order valence-electron chi connectivity index (χ4n) is 2.80. The second-order valence-electron chi connectivity index (χ2n) is 6.16. The Bertz CT molecular complexity index is 1190. The highest BCUT2D eigenvalue weighted by atomic mass is 35.5. The van der Waals surface area contributed by atoms with Crippen molar-refractivity contribution in [3.05, 3.63) is 93.6 Å². The maximum Gasteiger partial charge on any atom is 0.256 e. The molecule has 0 spiro atoms. The summed E-state index contributed by atoms with van der Waals surface area (Å²) >= 11 is 18.1. The van der Waals surface area contributed by atoms with Gasteiger partial charge in [0.15, 0.2) is 5.76 Å². The van der Waals surface area contributed by atoms with Crippen LogP contribution in [0.2, 0.25) is 15.1 Å². The molecule has 0 aliphatic carbocycles. The van der Waals surface area contributed by atoms with Crippen molar-refractivity contribution < 1.29 is 9.21 Å². The van der Waals surface area contributed by atoms with Gasteiger partial charge < -0.3 is 9.73 Å². The van der Waals surface area contributed by atoms with Crippen molar-refractivity contribution >= 4 is 46.4 Å². The number of nitrogens with one attached hydrogen (secondary N) is 1. The Hall–Kier alpha value is -2.79. The predicted molar refractivity (Wildman–Crippen MR) is 117 cm³/mol. The molecule has 4 rings (SSSR count). The first-order chi connectivity index (χ1) is 14.0. The van der Waals surface area contributed by atoms with Gasteiger partial charge in [-0.2, -0.15) is 0 Å². The van der Waals surface area contributed by atoms with Crippen LogP contribution in [0.4, 0.5) is 5.69 Å². The van der Waals surface area contributed by atoms with E-state index in [1.54, 1.807) is 54.7 Å². The summed E-state index contributed by atoms with van der Waals surface area (Å²) in [6.07, 6.45) is 1.61. The summed E-state index contributed by atoms with van der Waals surface area (Å²) in [6.45, 7) is 0. The van der Waals surface area contributed by atoms with Gasteiger partial charge in [0, 0.05) is 21.2 Å². The summed E-state index contributed by atoms with van der Waals surface area (Å²) < 4.78 is 5.90. The lowest BCUT2D eigenvalue weighted by Gasteiger charge is -2.10. The molecule has 0 radical (unpaired) electrons. The van der Waals surface area contributed by atoms with E-state index in [0.717, 1.165) is 5.56 Å². The minimum absolute atomic E-state index is 0.331. The smallest absolute Gasteiger partial charge is 0.256 e. The molecule has 0 saturated carbocycles. The summed E-state index contributed by atoms with van der Waals surface area (Å²) in [5, 5.41) is 4.28. The van der Waals surface area contributed by atoms with Crippen LogP contribution < -0.4 is 5.32 Å². The minimum atomic E-state index is -0.351. The molecule has 0 unspecified atom stereocenters. The van der Waals surface area contributed by atoms with Crippen LogP contribution in [0.5, 0.6) is 0 Å². The number of nitrogens with zero attached hydrogens (tertiary/aromatic N) is 1. The number of amides is 1. The number of carbonyl (C=O) groups excluding carboxylic acids is 1. The van der Waals surface area contributed by atoms with Crippen molar-refractivity contribution in [1.82, 2.24) is 4.98 Å². The number of anilines is 1. The first-order valence-corrected chi connectivity index (χ1v) is 9.72. The van der Waals surface area contributed by atoms with Crippen LogP contribution in [0, 0.1) is 0 Å². The van der Waals surface area contributed by atoms with Crippen LogP contribution in [-0.2, 0) is 0 Å². The zero-order chi connectivity index (χ0) is 20.4. The SMILES string of the molecule is O=C(Nc1cc(Cl)ccc1Cl)c1ccccc1-c1ncc(-c2ccc(Cl)cc2)o1. The molecule has 1 N–H and O–H groups in total. The van der Waals surface area contributed by atoms with E-state index in [0.29, 0.717) is 43.5 Å². The third-order valence-electron chi connectivity index (χ3n) is 4.21. The zero-order valence-electron chi connectivity index (χ0n) is 14.8. The van der Waals surface area contributed by atoms with Crippen LogP contribution in [0.15, 0.2) is 77.3 Å². The summed E-state index contributed by atoms with van der Waals surface area (Å²) in [7, 11) is 0. The molecule has 0 bridgehead atoms. The molecular weight excluding hydrogens is 431 g/mol. The van der Waals surface area contributed by atoms with E-state index in [9.17, 15) is 4.79 Å². The zero-order valence-corrected chi connectivity index (χ0v) is 17.1. The van der Waals surface area contributed by atoms with Gasteiger partial charge in [0.1, 0.15) is 0 Å². The van der Waals surface area contributed by atoms with Crippen molar-refractivity contribution in [3.8, 4) is 22.8 Å². The molecule has 1 heterocycles. The van der Waals surface area contributed by atoms with Crippen LogP contribution >= 0.6 is 34.8 Å². The number of benzene rings is 3. The number of oxazole rings is 1. The van der Waals surface area contributed by atoms with Gasteiger partial charge in [-0.15, -0.1) is 0 Å². The highest BCUT2D eigenvalue weighted by Crippen LogP contribution is 2.30. The van der Waals surface area contributed by atoms with E-state index in [-0.39, 0.29) is 5.91 Å². The normalized spacial score (nSPS) is 10.7. The fourth-order valence-corrected chi connectivity index (χ4v) is 3.26. The average molecular weight is 444 g/mol. The summed E-state index contributed by atoms with van der Waals surface area (Å²) in [4.78, 5) is 17.2.